The van der Waals surface area contributed by atoms with Crippen molar-refractivity contribution in [3.8, 4) is 11.5 Å². The fourth-order valence-corrected chi connectivity index (χ4v) is 3.87. The first-order chi connectivity index (χ1) is 16.8. The van der Waals surface area contributed by atoms with Gasteiger partial charge in [-0.25, -0.2) is 9.78 Å². The molecule has 35 heavy (non-hydrogen) atoms. The second kappa shape index (κ2) is 11.8. The Morgan fingerprint density at radius 3 is 2.77 bits per heavy atom. The van der Waals surface area contributed by atoms with Gasteiger partial charge in [-0.3, -0.25) is 4.79 Å². The van der Waals surface area contributed by atoms with E-state index in [1.165, 1.54) is 18.7 Å². The zero-order chi connectivity index (χ0) is 25.5. The zero-order valence-corrected chi connectivity index (χ0v) is 21.5. The molecule has 0 fully saturated rings. The first-order valence-electron chi connectivity index (χ1n) is 11.3. The highest BCUT2D eigenvalue weighted by Crippen LogP contribution is 2.34. The number of aryl methyl sites for hydroxylation is 1. The van der Waals surface area contributed by atoms with Crippen LogP contribution >= 0.6 is 15.9 Å². The number of halogens is 1. The molecule has 1 atom stereocenters. The first-order valence-corrected chi connectivity index (χ1v) is 12.0. The van der Waals surface area contributed by atoms with Crippen molar-refractivity contribution in [3.63, 3.8) is 0 Å². The average Bonchev–Trinajstić information content (AvgIpc) is 2.83. The van der Waals surface area contributed by atoms with Gasteiger partial charge in [-0.05, 0) is 55.7 Å². The molecular weight excluding hydrogens is 514 g/mol. The summed E-state index contributed by atoms with van der Waals surface area (Å²) >= 11 is 3.41. The van der Waals surface area contributed by atoms with Crippen molar-refractivity contribution in [1.82, 2.24) is 9.66 Å². The molecule has 9 heteroatoms. The summed E-state index contributed by atoms with van der Waals surface area (Å²) in [6.45, 7) is 7.30. The van der Waals surface area contributed by atoms with E-state index in [4.69, 9.17) is 9.47 Å². The number of aromatic nitrogens is 2. The number of rotatable bonds is 11. The van der Waals surface area contributed by atoms with Crippen LogP contribution < -0.4 is 15.0 Å². The lowest BCUT2D eigenvalue weighted by Gasteiger charge is -2.18. The van der Waals surface area contributed by atoms with E-state index in [0.717, 1.165) is 17.3 Å². The van der Waals surface area contributed by atoms with Gasteiger partial charge in [-0.1, -0.05) is 35.4 Å². The number of carbonyl (C=O) groups is 1. The van der Waals surface area contributed by atoms with Gasteiger partial charge in [0, 0.05) is 16.5 Å². The Kier molecular flexibility index (Phi) is 8.81. The Bertz CT molecular complexity index is 1330. The van der Waals surface area contributed by atoms with Crippen LogP contribution in [0.4, 0.5) is 0 Å². The lowest BCUT2D eigenvalue weighted by molar-refractivity contribution is -0.144. The second-order valence-corrected chi connectivity index (χ2v) is 8.87. The molecule has 0 aliphatic carbocycles. The zero-order valence-electron chi connectivity index (χ0n) is 20.0. The molecule has 0 unspecified atom stereocenters. The quantitative estimate of drug-likeness (QED) is 0.271. The molecule has 3 aromatic rings. The van der Waals surface area contributed by atoms with Gasteiger partial charge in [0.15, 0.2) is 17.6 Å². The van der Waals surface area contributed by atoms with Crippen LogP contribution in [-0.2, 0) is 17.6 Å². The molecule has 1 heterocycles. The Morgan fingerprint density at radius 1 is 1.34 bits per heavy atom. The summed E-state index contributed by atoms with van der Waals surface area (Å²) in [6, 6.07) is 8.89. The molecule has 0 amide bonds. The fourth-order valence-electron chi connectivity index (χ4n) is 3.51. The molecule has 184 valence electrons. The van der Waals surface area contributed by atoms with E-state index < -0.39 is 12.1 Å². The smallest absolute Gasteiger partial charge is 0.344 e. The molecule has 8 nitrogen and oxygen atoms in total. The summed E-state index contributed by atoms with van der Waals surface area (Å²) in [7, 11) is 1.48. The van der Waals surface area contributed by atoms with Crippen LogP contribution in [-0.4, -0.2) is 40.2 Å². The van der Waals surface area contributed by atoms with Crippen LogP contribution in [0.3, 0.4) is 0 Å². The third-order valence-electron chi connectivity index (χ3n) is 5.33. The molecule has 0 saturated carbocycles. The van der Waals surface area contributed by atoms with Crippen LogP contribution in [0.15, 0.2) is 57.4 Å². The predicted molar refractivity (Wildman–Crippen MR) is 140 cm³/mol. The molecule has 0 aliphatic rings. The van der Waals surface area contributed by atoms with Crippen LogP contribution in [0.2, 0.25) is 0 Å². The number of carboxylic acid groups (broad SMARTS) is 1. The van der Waals surface area contributed by atoms with Crippen LogP contribution in [0, 0.1) is 0 Å². The highest BCUT2D eigenvalue weighted by molar-refractivity contribution is 9.10. The molecule has 0 spiro atoms. The van der Waals surface area contributed by atoms with Crippen molar-refractivity contribution in [2.24, 2.45) is 5.10 Å². The number of methoxy groups -OCH3 is 1. The molecule has 2 aromatic carbocycles. The predicted octanol–water partition coefficient (Wildman–Crippen LogP) is 4.97. The summed E-state index contributed by atoms with van der Waals surface area (Å²) in [6.07, 6.45) is 5.04. The van der Waals surface area contributed by atoms with Gasteiger partial charge in [0.05, 0.1) is 24.2 Å². The highest BCUT2D eigenvalue weighted by atomic mass is 79.9. The molecule has 1 aromatic heterocycles. The van der Waals surface area contributed by atoms with E-state index in [-0.39, 0.29) is 5.56 Å². The minimum Gasteiger partial charge on any atom is -0.493 e. The van der Waals surface area contributed by atoms with Gasteiger partial charge in [-0.2, -0.15) is 9.78 Å². The molecule has 0 saturated heterocycles. The summed E-state index contributed by atoms with van der Waals surface area (Å²) in [5.41, 5.74) is 1.71. The van der Waals surface area contributed by atoms with Crippen molar-refractivity contribution < 1.29 is 19.4 Å². The molecule has 0 bridgehead atoms. The number of unbranched alkanes of at least 4 members (excludes halogenated alkanes) is 1. The van der Waals surface area contributed by atoms with Crippen LogP contribution in [0.5, 0.6) is 11.5 Å². The summed E-state index contributed by atoms with van der Waals surface area (Å²) in [5.74, 6) is 0.184. The monoisotopic (exact) mass is 541 g/mol. The summed E-state index contributed by atoms with van der Waals surface area (Å²) in [5, 5.41) is 14.2. The highest BCUT2D eigenvalue weighted by Gasteiger charge is 2.19. The normalized spacial score (nSPS) is 12.1. The summed E-state index contributed by atoms with van der Waals surface area (Å²) in [4.78, 5) is 29.3. The van der Waals surface area contributed by atoms with Crippen molar-refractivity contribution in [2.45, 2.75) is 45.6 Å². The van der Waals surface area contributed by atoms with Gasteiger partial charge in [0.1, 0.15) is 5.82 Å². The number of allylic oxidation sites excluding steroid dienone is 1. The van der Waals surface area contributed by atoms with Gasteiger partial charge in [0.25, 0.3) is 5.56 Å². The Hall–Kier alpha value is -3.46. The minimum atomic E-state index is -1.09. The number of fused-ring (bicyclic) bond motifs is 1. The number of hydrogen-bond acceptors (Lipinski definition) is 6. The number of aliphatic carboxylic acids is 1. The number of hydrogen-bond donors (Lipinski definition) is 1. The van der Waals surface area contributed by atoms with E-state index in [1.54, 1.807) is 30.5 Å². The number of nitrogens with zero attached hydrogens (tertiary/aromatic N) is 3. The lowest BCUT2D eigenvalue weighted by Crippen LogP contribution is -2.24. The van der Waals surface area contributed by atoms with Crippen LogP contribution in [0.1, 0.15) is 43.6 Å². The maximum atomic E-state index is 13.3. The SMILES string of the molecule is C=CCc1cc(C=Nn2c(CCCC)nc3ccc(Br)cc3c2=O)cc(OC)c1O[C@@H](C)C(=O)O. The molecule has 1 N–H and O–H groups in total. The Labute approximate surface area is 212 Å². The van der Waals surface area contributed by atoms with Gasteiger partial charge in [0.2, 0.25) is 0 Å². The van der Waals surface area contributed by atoms with Crippen molar-refractivity contribution >= 4 is 39.0 Å². The van der Waals surface area contributed by atoms with E-state index in [0.29, 0.717) is 52.2 Å². The van der Waals surface area contributed by atoms with E-state index in [1.807, 2.05) is 12.1 Å². The third kappa shape index (κ3) is 6.16. The van der Waals surface area contributed by atoms with Crippen molar-refractivity contribution in [3.05, 3.63) is 74.8 Å². The average molecular weight is 542 g/mol. The first kappa shape index (κ1) is 26.2. The van der Waals surface area contributed by atoms with Crippen molar-refractivity contribution in [2.75, 3.05) is 7.11 Å². The van der Waals surface area contributed by atoms with Gasteiger partial charge >= 0.3 is 5.97 Å². The number of benzene rings is 2. The van der Waals surface area contributed by atoms with E-state index in [9.17, 15) is 14.7 Å². The van der Waals surface area contributed by atoms with Gasteiger partial charge < -0.3 is 14.6 Å². The minimum absolute atomic E-state index is 0.257. The summed E-state index contributed by atoms with van der Waals surface area (Å²) < 4.78 is 13.2. The molecule has 3 rings (SSSR count). The Balaban J connectivity index is 2.11. The maximum absolute atomic E-state index is 13.3. The van der Waals surface area contributed by atoms with E-state index in [2.05, 4.69) is 39.5 Å². The Morgan fingerprint density at radius 2 is 2.11 bits per heavy atom. The fraction of sp³-hybridized carbons (Fsp3) is 0.308. The largest absolute Gasteiger partial charge is 0.493 e. The molecule has 0 radical (unpaired) electrons. The second-order valence-electron chi connectivity index (χ2n) is 7.96. The van der Waals surface area contributed by atoms with Crippen molar-refractivity contribution in [1.29, 1.82) is 0 Å². The standard InChI is InChI=1S/C26H28BrN3O5/c1-5-7-9-23-29-21-11-10-19(27)14-20(21)25(31)30(23)28-15-17-12-18(8-6-2)24(22(13-17)34-4)35-16(3)26(32)33/h6,10-16H,2,5,7-9H2,1,3-4H3,(H,32,33)/t16-/m0/s1. The number of ether oxygens (including phenoxy) is 2. The van der Waals surface area contributed by atoms with E-state index >= 15 is 0 Å². The third-order valence-corrected chi connectivity index (χ3v) is 5.83. The number of carboxylic acids is 1. The molecule has 0 aliphatic heterocycles. The van der Waals surface area contributed by atoms with Gasteiger partial charge in [-0.15, -0.1) is 6.58 Å². The molecular formula is C26H28BrN3O5. The topological polar surface area (TPSA) is 103 Å². The maximum Gasteiger partial charge on any atom is 0.344 e. The van der Waals surface area contributed by atoms with Crippen LogP contribution in [0.25, 0.3) is 10.9 Å². The lowest BCUT2D eigenvalue weighted by atomic mass is 10.1.